The molecule has 1 aromatic rings. The first kappa shape index (κ1) is 7.46. The minimum atomic E-state index is -1.21. The van der Waals surface area contributed by atoms with Crippen molar-refractivity contribution in [1.29, 1.82) is 0 Å². The van der Waals surface area contributed by atoms with Gasteiger partial charge in [-0.3, -0.25) is 0 Å². The maximum absolute atomic E-state index is 4.25. The molecule has 1 heterocycles. The summed E-state index contributed by atoms with van der Waals surface area (Å²) in [5.74, 6) is 0. The van der Waals surface area contributed by atoms with Crippen molar-refractivity contribution in [3.05, 3.63) is 6.20 Å². The summed E-state index contributed by atoms with van der Waals surface area (Å²) in [5, 5.41) is 9.45. The smallest absolute Gasteiger partial charge is 0.106 e. The van der Waals surface area contributed by atoms with Gasteiger partial charge >= 0.3 is 0 Å². The molecule has 0 aliphatic rings. The summed E-state index contributed by atoms with van der Waals surface area (Å²) in [6, 6.07) is 0. The van der Waals surface area contributed by atoms with Crippen LogP contribution >= 0.6 is 0 Å². The molecule has 0 unspecified atom stereocenters. The lowest BCUT2D eigenvalue weighted by molar-refractivity contribution is 0.657. The summed E-state index contributed by atoms with van der Waals surface area (Å²) in [5.41, 5.74) is 0. The molecule has 56 valence electrons. The van der Waals surface area contributed by atoms with Gasteiger partial charge in [0.15, 0.2) is 0 Å². The summed E-state index contributed by atoms with van der Waals surface area (Å²) < 4.78 is 0. The Balaban J connectivity index is 2.96. The van der Waals surface area contributed by atoms with Crippen molar-refractivity contribution < 1.29 is 0 Å². The zero-order valence-electron chi connectivity index (χ0n) is 6.92. The summed E-state index contributed by atoms with van der Waals surface area (Å²) in [6.07, 6.45) is 1.87. The van der Waals surface area contributed by atoms with E-state index in [1.165, 1.54) is 5.32 Å². The molecule has 0 fully saturated rings. The summed E-state index contributed by atoms with van der Waals surface area (Å²) in [4.78, 5) is 1.62. The molecule has 0 saturated heterocycles. The van der Waals surface area contributed by atoms with Crippen LogP contribution in [0.1, 0.15) is 0 Å². The highest BCUT2D eigenvalue weighted by atomic mass is 28.3. The van der Waals surface area contributed by atoms with Crippen LogP contribution in [-0.4, -0.2) is 23.1 Å². The van der Waals surface area contributed by atoms with Crippen LogP contribution in [0.15, 0.2) is 6.20 Å². The average molecular weight is 155 g/mol. The third-order valence-corrected chi connectivity index (χ3v) is 3.13. The Morgan fingerprint density at radius 2 is 2.00 bits per heavy atom. The van der Waals surface area contributed by atoms with Crippen LogP contribution in [0.3, 0.4) is 0 Å². The van der Waals surface area contributed by atoms with Crippen LogP contribution in [0.2, 0.25) is 19.6 Å². The third kappa shape index (κ3) is 1.44. The molecule has 0 radical (unpaired) electrons. The second-order valence-corrected chi connectivity index (χ2v) is 8.48. The van der Waals surface area contributed by atoms with Gasteiger partial charge in [0.05, 0.1) is 11.5 Å². The van der Waals surface area contributed by atoms with E-state index in [1.54, 1.807) is 4.80 Å². The van der Waals surface area contributed by atoms with Gasteiger partial charge in [-0.25, -0.2) is 0 Å². The number of aryl methyl sites for hydroxylation is 1. The van der Waals surface area contributed by atoms with E-state index in [1.807, 2.05) is 13.2 Å². The Morgan fingerprint density at radius 3 is 2.20 bits per heavy atom. The highest BCUT2D eigenvalue weighted by molar-refractivity contribution is 6.88. The van der Waals surface area contributed by atoms with Crippen molar-refractivity contribution in [2.45, 2.75) is 19.6 Å². The zero-order chi connectivity index (χ0) is 7.78. The maximum Gasteiger partial charge on any atom is 0.106 e. The first-order valence-electron chi connectivity index (χ1n) is 3.37. The van der Waals surface area contributed by atoms with Gasteiger partial charge in [-0.1, -0.05) is 19.6 Å². The number of hydrogen-bond donors (Lipinski definition) is 0. The van der Waals surface area contributed by atoms with Crippen molar-refractivity contribution in [1.82, 2.24) is 15.0 Å². The van der Waals surface area contributed by atoms with E-state index in [0.717, 1.165) is 0 Å². The molecule has 0 aromatic carbocycles. The Kier molecular flexibility index (Phi) is 1.64. The van der Waals surface area contributed by atoms with Crippen molar-refractivity contribution in [2.75, 3.05) is 0 Å². The van der Waals surface area contributed by atoms with Crippen molar-refractivity contribution in [2.24, 2.45) is 7.05 Å². The van der Waals surface area contributed by atoms with E-state index in [9.17, 15) is 0 Å². The second-order valence-electron chi connectivity index (χ2n) is 3.47. The second kappa shape index (κ2) is 2.19. The van der Waals surface area contributed by atoms with E-state index >= 15 is 0 Å². The Hall–Kier alpha value is -0.643. The number of hydrogen-bond acceptors (Lipinski definition) is 2. The monoisotopic (exact) mass is 155 g/mol. The molecule has 10 heavy (non-hydrogen) atoms. The maximum atomic E-state index is 4.25. The van der Waals surface area contributed by atoms with E-state index in [4.69, 9.17) is 0 Å². The lowest BCUT2D eigenvalue weighted by atomic mass is 10.9. The van der Waals surface area contributed by atoms with Crippen LogP contribution in [-0.2, 0) is 7.05 Å². The molecule has 0 amide bonds. The molecule has 0 saturated carbocycles. The first-order valence-corrected chi connectivity index (χ1v) is 6.87. The molecular formula is C6H13N3Si. The van der Waals surface area contributed by atoms with E-state index in [2.05, 4.69) is 29.8 Å². The zero-order valence-corrected chi connectivity index (χ0v) is 7.92. The van der Waals surface area contributed by atoms with Crippen molar-refractivity contribution in [3.63, 3.8) is 0 Å². The molecule has 0 spiro atoms. The fraction of sp³-hybridized carbons (Fsp3) is 0.667. The van der Waals surface area contributed by atoms with Gasteiger partial charge in [-0.05, 0) is 0 Å². The van der Waals surface area contributed by atoms with E-state index < -0.39 is 8.07 Å². The van der Waals surface area contributed by atoms with Crippen LogP contribution < -0.4 is 5.32 Å². The molecule has 0 bridgehead atoms. The number of aromatic nitrogens is 3. The Labute approximate surface area is 62.1 Å². The van der Waals surface area contributed by atoms with Crippen LogP contribution in [0.4, 0.5) is 0 Å². The lowest BCUT2D eigenvalue weighted by Crippen LogP contribution is -2.39. The quantitative estimate of drug-likeness (QED) is 0.548. The fourth-order valence-electron chi connectivity index (χ4n) is 0.689. The van der Waals surface area contributed by atoms with Gasteiger partial charge < -0.3 is 0 Å². The molecule has 4 heteroatoms. The summed E-state index contributed by atoms with van der Waals surface area (Å²) in [6.45, 7) is 6.78. The predicted molar refractivity (Wildman–Crippen MR) is 44.0 cm³/mol. The van der Waals surface area contributed by atoms with Crippen molar-refractivity contribution >= 4 is 13.4 Å². The first-order chi connectivity index (χ1) is 4.50. The molecule has 3 nitrogen and oxygen atoms in total. The normalized spacial score (nSPS) is 12.0. The van der Waals surface area contributed by atoms with Gasteiger partial charge in [0, 0.05) is 7.05 Å². The molecule has 0 N–H and O–H groups in total. The van der Waals surface area contributed by atoms with Crippen LogP contribution in [0.5, 0.6) is 0 Å². The third-order valence-electron chi connectivity index (χ3n) is 1.37. The Morgan fingerprint density at radius 1 is 1.40 bits per heavy atom. The number of rotatable bonds is 1. The molecule has 1 rings (SSSR count). The van der Waals surface area contributed by atoms with Gasteiger partial charge in [0.2, 0.25) is 0 Å². The van der Waals surface area contributed by atoms with Gasteiger partial charge in [0.25, 0.3) is 0 Å². The highest BCUT2D eigenvalue weighted by Crippen LogP contribution is 1.97. The topological polar surface area (TPSA) is 30.7 Å². The number of nitrogens with zero attached hydrogens (tertiary/aromatic N) is 3. The summed E-state index contributed by atoms with van der Waals surface area (Å²) in [7, 11) is 0.644. The van der Waals surface area contributed by atoms with Crippen molar-refractivity contribution in [3.8, 4) is 0 Å². The van der Waals surface area contributed by atoms with E-state index in [-0.39, 0.29) is 0 Å². The lowest BCUT2D eigenvalue weighted by Gasteiger charge is -2.09. The molecular weight excluding hydrogens is 142 g/mol. The minimum absolute atomic E-state index is 1.18. The van der Waals surface area contributed by atoms with Crippen LogP contribution in [0.25, 0.3) is 0 Å². The average Bonchev–Trinajstić information content (AvgIpc) is 2.11. The fourth-order valence-corrected chi connectivity index (χ4v) is 1.58. The van der Waals surface area contributed by atoms with E-state index in [0.29, 0.717) is 0 Å². The molecule has 1 aromatic heterocycles. The van der Waals surface area contributed by atoms with Gasteiger partial charge in [-0.2, -0.15) is 15.0 Å². The highest BCUT2D eigenvalue weighted by Gasteiger charge is 2.19. The summed E-state index contributed by atoms with van der Waals surface area (Å²) >= 11 is 0. The molecule has 0 aliphatic heterocycles. The van der Waals surface area contributed by atoms with Gasteiger partial charge in [0.1, 0.15) is 8.07 Å². The SMILES string of the molecule is Cn1ncc([Si](C)(C)C)n1. The van der Waals surface area contributed by atoms with Crippen LogP contribution in [0, 0.1) is 0 Å². The molecule has 0 aliphatic carbocycles. The Bertz CT molecular complexity index is 223. The largest absolute Gasteiger partial charge is 0.188 e. The molecule has 0 atom stereocenters. The predicted octanol–water partition coefficient (Wildman–Crippen LogP) is 0.360. The van der Waals surface area contributed by atoms with Gasteiger partial charge in [-0.15, -0.1) is 0 Å². The minimum Gasteiger partial charge on any atom is -0.188 e. The standard InChI is InChI=1S/C6H13N3Si/c1-9-7-5-6(8-9)10(2,3)4/h5H,1-4H3.